The van der Waals surface area contributed by atoms with E-state index in [0.29, 0.717) is 5.69 Å². The molecule has 0 spiro atoms. The van der Waals surface area contributed by atoms with E-state index in [2.05, 4.69) is 10.3 Å². The molecule has 1 aliphatic heterocycles. The van der Waals surface area contributed by atoms with Crippen molar-refractivity contribution in [2.75, 3.05) is 26.2 Å². The highest BCUT2D eigenvalue weighted by atomic mass is 32.1. The lowest BCUT2D eigenvalue weighted by Crippen LogP contribution is -2.46. The number of aromatic nitrogens is 1. The molecular formula is C10H16N4OS. The fraction of sp³-hybridized carbons (Fsp3) is 0.600. The number of amides is 1. The van der Waals surface area contributed by atoms with Crippen molar-refractivity contribution in [1.29, 1.82) is 0 Å². The van der Waals surface area contributed by atoms with Crippen molar-refractivity contribution in [1.82, 2.24) is 15.2 Å². The lowest BCUT2D eigenvalue weighted by Gasteiger charge is -2.26. The van der Waals surface area contributed by atoms with Crippen LogP contribution in [-0.4, -0.2) is 42.0 Å². The summed E-state index contributed by atoms with van der Waals surface area (Å²) in [6, 6.07) is -0.102. The highest BCUT2D eigenvalue weighted by molar-refractivity contribution is 7.09. The Balaban J connectivity index is 2.07. The Hall–Kier alpha value is -0.980. The topological polar surface area (TPSA) is 71.2 Å². The van der Waals surface area contributed by atoms with E-state index in [1.165, 1.54) is 11.3 Å². The van der Waals surface area contributed by atoms with Gasteiger partial charge >= 0.3 is 0 Å². The fourth-order valence-corrected chi connectivity index (χ4v) is 2.38. The highest BCUT2D eigenvalue weighted by Gasteiger charge is 2.20. The number of piperazine rings is 1. The number of nitrogens with two attached hydrogens (primary N) is 1. The minimum absolute atomic E-state index is 0.0182. The molecule has 6 heteroatoms. The molecule has 1 amide bonds. The number of rotatable bonds is 2. The molecule has 88 valence electrons. The summed E-state index contributed by atoms with van der Waals surface area (Å²) in [7, 11) is 0. The van der Waals surface area contributed by atoms with Gasteiger partial charge in [-0.15, -0.1) is 11.3 Å². The zero-order valence-corrected chi connectivity index (χ0v) is 10.1. The van der Waals surface area contributed by atoms with Gasteiger partial charge in [0.25, 0.3) is 5.91 Å². The van der Waals surface area contributed by atoms with Crippen LogP contribution in [-0.2, 0) is 0 Å². The molecule has 1 aromatic heterocycles. The number of nitrogens with zero attached hydrogens (tertiary/aromatic N) is 2. The monoisotopic (exact) mass is 240 g/mol. The minimum atomic E-state index is -0.102. The molecule has 3 N–H and O–H groups in total. The van der Waals surface area contributed by atoms with Crippen molar-refractivity contribution in [3.05, 3.63) is 16.1 Å². The van der Waals surface area contributed by atoms with Crippen LogP contribution >= 0.6 is 11.3 Å². The maximum absolute atomic E-state index is 12.0. The molecular weight excluding hydrogens is 224 g/mol. The fourth-order valence-electron chi connectivity index (χ4n) is 1.62. The number of hydrogen-bond donors (Lipinski definition) is 2. The molecule has 1 saturated heterocycles. The summed E-state index contributed by atoms with van der Waals surface area (Å²) in [5.74, 6) is 0.0182. The quantitative estimate of drug-likeness (QED) is 0.775. The number of carbonyl (C=O) groups excluding carboxylic acids is 1. The summed E-state index contributed by atoms with van der Waals surface area (Å²) in [6.45, 7) is 5.09. The molecule has 0 bridgehead atoms. The molecule has 0 aromatic carbocycles. The average molecular weight is 240 g/mol. The summed E-state index contributed by atoms with van der Waals surface area (Å²) in [6.07, 6.45) is 0. The Morgan fingerprint density at radius 1 is 1.62 bits per heavy atom. The second-order valence-corrected chi connectivity index (χ2v) is 4.79. The third-order valence-corrected chi connectivity index (χ3v) is 3.58. The Bertz CT molecular complexity index is 371. The Labute approximate surface area is 98.7 Å². The third-order valence-electron chi connectivity index (χ3n) is 2.53. The largest absolute Gasteiger partial charge is 0.335 e. The van der Waals surface area contributed by atoms with Crippen LogP contribution in [0.1, 0.15) is 28.5 Å². The van der Waals surface area contributed by atoms with Gasteiger partial charge in [0, 0.05) is 31.6 Å². The maximum atomic E-state index is 12.0. The molecule has 1 aliphatic rings. The molecule has 0 saturated carbocycles. The maximum Gasteiger partial charge on any atom is 0.273 e. The molecule has 0 radical (unpaired) electrons. The van der Waals surface area contributed by atoms with Gasteiger partial charge in [-0.1, -0.05) is 0 Å². The lowest BCUT2D eigenvalue weighted by molar-refractivity contribution is 0.0730. The zero-order chi connectivity index (χ0) is 11.5. The van der Waals surface area contributed by atoms with Crippen LogP contribution in [0.3, 0.4) is 0 Å². The standard InChI is InChI=1S/C10H16N4OS/c1-7(11)9-13-8(6-16-9)10(15)14-4-2-12-3-5-14/h6-7,12H,2-5,11H2,1H3. The van der Waals surface area contributed by atoms with E-state index in [1.54, 1.807) is 5.38 Å². The van der Waals surface area contributed by atoms with Crippen molar-refractivity contribution in [3.8, 4) is 0 Å². The SMILES string of the molecule is CC(N)c1nc(C(=O)N2CCNCC2)cs1. The van der Waals surface area contributed by atoms with Crippen LogP contribution < -0.4 is 11.1 Å². The van der Waals surface area contributed by atoms with E-state index in [1.807, 2.05) is 11.8 Å². The second kappa shape index (κ2) is 4.90. The van der Waals surface area contributed by atoms with Crippen molar-refractivity contribution >= 4 is 17.2 Å². The molecule has 2 heterocycles. The molecule has 5 nitrogen and oxygen atoms in total. The van der Waals surface area contributed by atoms with Gasteiger partial charge in [0.05, 0.1) is 6.04 Å². The second-order valence-electron chi connectivity index (χ2n) is 3.90. The van der Waals surface area contributed by atoms with E-state index >= 15 is 0 Å². The van der Waals surface area contributed by atoms with Gasteiger partial charge in [-0.2, -0.15) is 0 Å². The van der Waals surface area contributed by atoms with Gasteiger partial charge in [0.2, 0.25) is 0 Å². The molecule has 0 aliphatic carbocycles. The Morgan fingerprint density at radius 2 is 2.31 bits per heavy atom. The highest BCUT2D eigenvalue weighted by Crippen LogP contribution is 2.17. The predicted octanol–water partition coefficient (Wildman–Crippen LogP) is 0.208. The van der Waals surface area contributed by atoms with Gasteiger partial charge in [-0.05, 0) is 6.92 Å². The van der Waals surface area contributed by atoms with E-state index in [4.69, 9.17) is 5.73 Å². The summed E-state index contributed by atoms with van der Waals surface area (Å²) >= 11 is 1.45. The van der Waals surface area contributed by atoms with Crippen LogP contribution in [0.2, 0.25) is 0 Å². The first-order chi connectivity index (χ1) is 7.68. The average Bonchev–Trinajstić information content (AvgIpc) is 2.78. The summed E-state index contributed by atoms with van der Waals surface area (Å²) in [5, 5.41) is 5.83. The van der Waals surface area contributed by atoms with Gasteiger partial charge in [-0.3, -0.25) is 4.79 Å². The van der Waals surface area contributed by atoms with E-state index < -0.39 is 0 Å². The van der Waals surface area contributed by atoms with Crippen molar-refractivity contribution in [2.24, 2.45) is 5.73 Å². The van der Waals surface area contributed by atoms with Gasteiger partial charge in [0.1, 0.15) is 10.7 Å². The Morgan fingerprint density at radius 3 is 2.88 bits per heavy atom. The van der Waals surface area contributed by atoms with Crippen molar-refractivity contribution < 1.29 is 4.79 Å². The van der Waals surface area contributed by atoms with Gasteiger partial charge in [-0.25, -0.2) is 4.98 Å². The normalized spacial score (nSPS) is 18.5. The lowest BCUT2D eigenvalue weighted by atomic mass is 10.3. The van der Waals surface area contributed by atoms with E-state index in [9.17, 15) is 4.79 Å². The first-order valence-corrected chi connectivity index (χ1v) is 6.27. The van der Waals surface area contributed by atoms with Crippen molar-refractivity contribution in [2.45, 2.75) is 13.0 Å². The molecule has 1 atom stereocenters. The van der Waals surface area contributed by atoms with Crippen molar-refractivity contribution in [3.63, 3.8) is 0 Å². The number of carbonyl (C=O) groups is 1. The minimum Gasteiger partial charge on any atom is -0.335 e. The summed E-state index contributed by atoms with van der Waals surface area (Å²) in [5.41, 5.74) is 6.25. The molecule has 1 aromatic rings. The molecule has 1 fully saturated rings. The zero-order valence-electron chi connectivity index (χ0n) is 9.27. The number of nitrogens with one attached hydrogen (secondary N) is 1. The predicted molar refractivity (Wildman–Crippen MR) is 63.5 cm³/mol. The van der Waals surface area contributed by atoms with Gasteiger partial charge in [0.15, 0.2) is 0 Å². The van der Waals surface area contributed by atoms with Crippen LogP contribution in [0.15, 0.2) is 5.38 Å². The first kappa shape index (κ1) is 11.5. The number of hydrogen-bond acceptors (Lipinski definition) is 5. The van der Waals surface area contributed by atoms with Gasteiger partial charge < -0.3 is 16.0 Å². The van der Waals surface area contributed by atoms with Crippen LogP contribution in [0.4, 0.5) is 0 Å². The van der Waals surface area contributed by atoms with Crippen LogP contribution in [0.5, 0.6) is 0 Å². The number of thiazole rings is 1. The summed E-state index contributed by atoms with van der Waals surface area (Å²) < 4.78 is 0. The molecule has 2 rings (SSSR count). The first-order valence-electron chi connectivity index (χ1n) is 5.39. The van der Waals surface area contributed by atoms with Crippen LogP contribution in [0, 0.1) is 0 Å². The smallest absolute Gasteiger partial charge is 0.273 e. The van der Waals surface area contributed by atoms with E-state index in [0.717, 1.165) is 31.2 Å². The van der Waals surface area contributed by atoms with Crippen LogP contribution in [0.25, 0.3) is 0 Å². The van der Waals surface area contributed by atoms with E-state index in [-0.39, 0.29) is 11.9 Å². The third kappa shape index (κ3) is 2.40. The molecule has 16 heavy (non-hydrogen) atoms. The summed E-state index contributed by atoms with van der Waals surface area (Å²) in [4.78, 5) is 18.1. The Kier molecular flexibility index (Phi) is 3.52. The molecule has 1 unspecified atom stereocenters.